The molecule has 1 aliphatic heterocycles. The Morgan fingerprint density at radius 3 is 2.15 bits per heavy atom. The second-order valence-electron chi connectivity index (χ2n) is 6.97. The van der Waals surface area contributed by atoms with Gasteiger partial charge in [-0.2, -0.15) is 0 Å². The van der Waals surface area contributed by atoms with E-state index in [1.807, 2.05) is 34.6 Å². The highest BCUT2D eigenvalue weighted by Gasteiger charge is 2.32. The Hall–Kier alpha value is -0.170. The fourth-order valence-corrected chi connectivity index (χ4v) is 3.90. The highest BCUT2D eigenvalue weighted by Crippen LogP contribution is 2.28. The van der Waals surface area contributed by atoms with Crippen LogP contribution < -0.4 is 5.32 Å². The van der Waals surface area contributed by atoms with Crippen molar-refractivity contribution in [1.29, 1.82) is 0 Å². The fraction of sp³-hybridized carbons (Fsp3) is 0.867. The normalized spacial score (nSPS) is 28.8. The van der Waals surface area contributed by atoms with Gasteiger partial charge in [0.1, 0.15) is 6.04 Å². The van der Waals surface area contributed by atoms with E-state index in [4.69, 9.17) is 4.74 Å². The number of hydrogen-bond acceptors (Lipinski definition) is 3. The summed E-state index contributed by atoms with van der Waals surface area (Å²) >= 11 is 1.77. The van der Waals surface area contributed by atoms with Crippen LogP contribution >= 0.6 is 22.6 Å². The molecule has 1 amide bonds. The summed E-state index contributed by atoms with van der Waals surface area (Å²) in [5.41, 5.74) is -0.260. The molecule has 0 spiro atoms. The number of rotatable bonds is 4. The zero-order valence-electron chi connectivity index (χ0n) is 13.0. The van der Waals surface area contributed by atoms with Gasteiger partial charge in [-0.3, -0.25) is 9.59 Å². The van der Waals surface area contributed by atoms with Crippen LogP contribution in [0.25, 0.3) is 0 Å². The number of nitrogens with one attached hydrogen (secondary N) is 1. The van der Waals surface area contributed by atoms with Crippen LogP contribution in [0.5, 0.6) is 0 Å². The van der Waals surface area contributed by atoms with Crippen molar-refractivity contribution in [3.05, 3.63) is 0 Å². The number of ether oxygens (including phenoxy) is 1. The molecule has 3 atom stereocenters. The summed E-state index contributed by atoms with van der Waals surface area (Å²) in [7, 11) is 0. The van der Waals surface area contributed by atoms with Crippen molar-refractivity contribution in [2.24, 2.45) is 11.3 Å². The Balaban J connectivity index is 2.56. The fourth-order valence-electron chi connectivity index (χ4n) is 2.81. The maximum absolute atomic E-state index is 12.2. The molecule has 0 radical (unpaired) electrons. The van der Waals surface area contributed by atoms with Gasteiger partial charge in [0, 0.05) is 29.0 Å². The summed E-state index contributed by atoms with van der Waals surface area (Å²) in [6, 6.07) is -0.426. The molecule has 0 aromatic rings. The molecule has 0 aliphatic carbocycles. The molecule has 0 saturated carbocycles. The molecule has 1 heterocycles. The zero-order chi connectivity index (χ0) is 15.5. The molecule has 3 unspecified atom stereocenters. The smallest absolute Gasteiger partial charge is 0.220 e. The molecular weight excluding hydrogens is 369 g/mol. The first-order valence-electron chi connectivity index (χ1n) is 7.23. The molecule has 0 bridgehead atoms. The molecule has 5 heteroatoms. The number of carbonyl (C=O) groups excluding carboxylic acids is 2. The monoisotopic (exact) mass is 395 g/mol. The molecule has 20 heavy (non-hydrogen) atoms. The third-order valence-electron chi connectivity index (χ3n) is 3.67. The summed E-state index contributed by atoms with van der Waals surface area (Å²) in [6.45, 7) is 9.99. The number of halogens is 1. The van der Waals surface area contributed by atoms with Crippen LogP contribution in [0, 0.1) is 11.3 Å². The lowest BCUT2D eigenvalue weighted by molar-refractivity contribution is -0.128. The summed E-state index contributed by atoms with van der Waals surface area (Å²) in [5, 5.41) is 2.90. The topological polar surface area (TPSA) is 55.4 Å². The van der Waals surface area contributed by atoms with Gasteiger partial charge in [0.15, 0.2) is 0 Å². The highest BCUT2D eigenvalue weighted by atomic mass is 127. The lowest BCUT2D eigenvalue weighted by atomic mass is 9.86. The highest BCUT2D eigenvalue weighted by molar-refractivity contribution is 14.1. The molecule has 1 rings (SSSR count). The lowest BCUT2D eigenvalue weighted by Gasteiger charge is -2.33. The van der Waals surface area contributed by atoms with E-state index in [9.17, 15) is 9.59 Å². The molecule has 1 N–H and O–H groups in total. The van der Waals surface area contributed by atoms with Crippen LogP contribution in [0.3, 0.4) is 0 Å². The van der Waals surface area contributed by atoms with E-state index in [2.05, 4.69) is 5.32 Å². The Morgan fingerprint density at radius 2 is 1.75 bits per heavy atom. The maximum Gasteiger partial charge on any atom is 0.220 e. The van der Waals surface area contributed by atoms with Gasteiger partial charge in [-0.25, -0.2) is 0 Å². The molecule has 1 saturated heterocycles. The van der Waals surface area contributed by atoms with Crippen LogP contribution in [0.15, 0.2) is 0 Å². The summed E-state index contributed by atoms with van der Waals surface area (Å²) in [5.74, 6) is 0.319. The molecule has 0 aromatic carbocycles. The van der Waals surface area contributed by atoms with Gasteiger partial charge in [0.2, 0.25) is 9.70 Å². The van der Waals surface area contributed by atoms with Crippen molar-refractivity contribution in [2.75, 3.05) is 0 Å². The van der Waals surface area contributed by atoms with E-state index >= 15 is 0 Å². The van der Waals surface area contributed by atoms with Crippen LogP contribution in [-0.2, 0) is 14.3 Å². The largest absolute Gasteiger partial charge is 0.376 e. The van der Waals surface area contributed by atoms with Crippen molar-refractivity contribution in [3.63, 3.8) is 0 Å². The van der Waals surface area contributed by atoms with Gasteiger partial charge in [0.25, 0.3) is 0 Å². The quantitative estimate of drug-likeness (QED) is 0.588. The summed E-state index contributed by atoms with van der Waals surface area (Å²) in [4.78, 5) is 23.9. The van der Waals surface area contributed by atoms with E-state index in [1.54, 1.807) is 22.6 Å². The molecular formula is C15H26INO3. The second kappa shape index (κ2) is 7.20. The van der Waals surface area contributed by atoms with Crippen molar-refractivity contribution in [2.45, 2.75) is 72.1 Å². The first kappa shape index (κ1) is 17.9. The van der Waals surface area contributed by atoms with Crippen LogP contribution in [0.4, 0.5) is 0 Å². The summed E-state index contributed by atoms with van der Waals surface area (Å²) < 4.78 is 5.67. The predicted octanol–water partition coefficient (Wildman–Crippen LogP) is 3.07. The van der Waals surface area contributed by atoms with E-state index < -0.39 is 6.04 Å². The van der Waals surface area contributed by atoms with E-state index in [1.165, 1.54) is 0 Å². The average molecular weight is 395 g/mol. The molecule has 116 valence electrons. The van der Waals surface area contributed by atoms with Crippen molar-refractivity contribution < 1.29 is 14.3 Å². The van der Waals surface area contributed by atoms with Gasteiger partial charge in [-0.05, 0) is 38.0 Å². The van der Waals surface area contributed by atoms with E-state index in [0.29, 0.717) is 12.3 Å². The van der Waals surface area contributed by atoms with Crippen LogP contribution in [0.1, 0.15) is 53.9 Å². The van der Waals surface area contributed by atoms with Crippen molar-refractivity contribution in [3.8, 4) is 0 Å². The minimum absolute atomic E-state index is 0.0165. The zero-order valence-corrected chi connectivity index (χ0v) is 15.2. The van der Waals surface area contributed by atoms with Gasteiger partial charge >= 0.3 is 0 Å². The number of amides is 1. The Labute approximate surface area is 135 Å². The first-order chi connectivity index (χ1) is 9.09. The van der Waals surface area contributed by atoms with Gasteiger partial charge < -0.3 is 10.1 Å². The molecule has 1 fully saturated rings. The van der Waals surface area contributed by atoms with Gasteiger partial charge in [-0.1, -0.05) is 20.8 Å². The van der Waals surface area contributed by atoms with Crippen molar-refractivity contribution >= 4 is 32.3 Å². The van der Waals surface area contributed by atoms with Crippen LogP contribution in [-0.4, -0.2) is 27.9 Å². The standard InChI is InChI=1S/C15H26INO3/c1-9-6-11(7-10(2)20-9)8-12(18)17-13(14(16)19)15(3,4)5/h9-11,13H,6-8H2,1-5H3,(H,17,18). The molecule has 1 aliphatic rings. The Kier molecular flexibility index (Phi) is 6.44. The van der Waals surface area contributed by atoms with Gasteiger partial charge in [-0.15, -0.1) is 0 Å². The molecule has 0 aromatic heterocycles. The van der Waals surface area contributed by atoms with Gasteiger partial charge in [0.05, 0.1) is 12.2 Å². The minimum atomic E-state index is -0.426. The van der Waals surface area contributed by atoms with Crippen molar-refractivity contribution in [1.82, 2.24) is 5.32 Å². The number of carbonyl (C=O) groups is 2. The third-order valence-corrected chi connectivity index (χ3v) is 4.29. The first-order valence-corrected chi connectivity index (χ1v) is 8.31. The number of hydrogen-bond donors (Lipinski definition) is 1. The molecule has 4 nitrogen and oxygen atoms in total. The lowest BCUT2D eigenvalue weighted by Crippen LogP contribution is -2.48. The van der Waals surface area contributed by atoms with Crippen LogP contribution in [0.2, 0.25) is 0 Å². The SMILES string of the molecule is CC1CC(CC(=O)NC(C(=O)I)C(C)(C)C)CC(C)O1. The second-order valence-corrected chi connectivity index (χ2v) is 8.03. The predicted molar refractivity (Wildman–Crippen MR) is 87.8 cm³/mol. The maximum atomic E-state index is 12.2. The third kappa shape index (κ3) is 5.68. The summed E-state index contributed by atoms with van der Waals surface area (Å²) in [6.07, 6.45) is 2.73. The Morgan fingerprint density at radius 1 is 1.25 bits per heavy atom. The minimum Gasteiger partial charge on any atom is -0.376 e. The van der Waals surface area contributed by atoms with E-state index in [-0.39, 0.29) is 27.3 Å². The van der Waals surface area contributed by atoms with E-state index in [0.717, 1.165) is 12.8 Å². The average Bonchev–Trinajstić information content (AvgIpc) is 2.22. The Bertz CT molecular complexity index is 355.